The van der Waals surface area contributed by atoms with Crippen LogP contribution in [-0.4, -0.2) is 32.6 Å². The third-order valence-corrected chi connectivity index (χ3v) is 1.33. The second-order valence-electron chi connectivity index (χ2n) is 2.31. The van der Waals surface area contributed by atoms with Gasteiger partial charge in [-0.2, -0.15) is 0 Å². The van der Waals surface area contributed by atoms with Gasteiger partial charge in [-0.05, 0) is 0 Å². The number of nitrogens with zero attached hydrogens (tertiary/aromatic N) is 1. The van der Waals surface area contributed by atoms with Crippen LogP contribution in [0.15, 0.2) is 4.99 Å². The van der Waals surface area contributed by atoms with Gasteiger partial charge in [-0.3, -0.25) is 13.2 Å². The van der Waals surface area contributed by atoms with Crippen LogP contribution in [0.3, 0.4) is 0 Å². The summed E-state index contributed by atoms with van der Waals surface area (Å²) < 4.78 is 35.9. The molecule has 2 nitrogen and oxygen atoms in total. The standard InChI is InChI=1S/C6H8F3NO/c7-1-6(2-8,3-9)4-10-5-11/h1-4H2. The lowest BCUT2D eigenvalue weighted by Gasteiger charge is -2.19. The molecule has 64 valence electrons. The molecule has 11 heavy (non-hydrogen) atoms. The van der Waals surface area contributed by atoms with E-state index in [0.717, 1.165) is 6.08 Å². The molecular formula is C6H8F3NO. The summed E-state index contributed by atoms with van der Waals surface area (Å²) in [4.78, 5) is 12.5. The minimum atomic E-state index is -1.75. The summed E-state index contributed by atoms with van der Waals surface area (Å²) in [6.45, 7) is -3.97. The van der Waals surface area contributed by atoms with E-state index in [0.29, 0.717) is 0 Å². The van der Waals surface area contributed by atoms with E-state index in [9.17, 15) is 18.0 Å². The molecule has 0 saturated heterocycles. The lowest BCUT2D eigenvalue weighted by molar-refractivity contribution is 0.122. The molecule has 0 saturated carbocycles. The van der Waals surface area contributed by atoms with Gasteiger partial charge in [-0.15, -0.1) is 0 Å². The summed E-state index contributed by atoms with van der Waals surface area (Å²) in [5, 5.41) is 0. The molecule has 0 N–H and O–H groups in total. The van der Waals surface area contributed by atoms with E-state index >= 15 is 0 Å². The Labute approximate surface area is 62.1 Å². The first kappa shape index (κ1) is 10.2. The Morgan fingerprint density at radius 3 is 1.91 bits per heavy atom. The van der Waals surface area contributed by atoms with Crippen molar-refractivity contribution in [3.8, 4) is 0 Å². The summed E-state index contributed by atoms with van der Waals surface area (Å²) in [5.41, 5.74) is -1.75. The van der Waals surface area contributed by atoms with Crippen LogP contribution in [0, 0.1) is 5.41 Å². The van der Waals surface area contributed by atoms with E-state index in [2.05, 4.69) is 4.99 Å². The molecule has 0 heterocycles. The minimum absolute atomic E-state index is 0.486. The molecule has 0 spiro atoms. The SMILES string of the molecule is O=C=NCC(CF)(CF)CF. The predicted octanol–water partition coefficient (Wildman–Crippen LogP) is 1.22. The molecule has 0 aliphatic heterocycles. The normalized spacial score (nSPS) is 10.8. The Morgan fingerprint density at radius 1 is 1.18 bits per heavy atom. The minimum Gasteiger partial charge on any atom is -0.250 e. The maximum Gasteiger partial charge on any atom is 0.234 e. The van der Waals surface area contributed by atoms with Gasteiger partial charge in [0.25, 0.3) is 0 Å². The zero-order chi connectivity index (χ0) is 8.74. The molecule has 0 fully saturated rings. The van der Waals surface area contributed by atoms with Crippen molar-refractivity contribution in [2.24, 2.45) is 10.4 Å². The molecule has 0 amide bonds. The largest absolute Gasteiger partial charge is 0.250 e. The summed E-state index contributed by atoms with van der Waals surface area (Å²) in [6.07, 6.45) is 1.10. The third kappa shape index (κ3) is 2.72. The topological polar surface area (TPSA) is 29.4 Å². The van der Waals surface area contributed by atoms with Gasteiger partial charge in [-0.1, -0.05) is 0 Å². The first-order valence-electron chi connectivity index (χ1n) is 2.96. The van der Waals surface area contributed by atoms with Crippen LogP contribution in [0.1, 0.15) is 0 Å². The molecule has 0 bridgehead atoms. The number of alkyl halides is 3. The van der Waals surface area contributed by atoms with Crippen LogP contribution in [0.5, 0.6) is 0 Å². The molecule has 0 radical (unpaired) electrons. The summed E-state index contributed by atoms with van der Waals surface area (Å²) in [6, 6.07) is 0. The van der Waals surface area contributed by atoms with Crippen LogP contribution in [0.4, 0.5) is 13.2 Å². The van der Waals surface area contributed by atoms with E-state index in [1.54, 1.807) is 0 Å². The molecule has 0 aromatic heterocycles. The smallest absolute Gasteiger partial charge is 0.234 e. The number of hydrogen-bond acceptors (Lipinski definition) is 2. The van der Waals surface area contributed by atoms with Crippen LogP contribution in [-0.2, 0) is 4.79 Å². The van der Waals surface area contributed by atoms with Crippen LogP contribution >= 0.6 is 0 Å². The highest BCUT2D eigenvalue weighted by atomic mass is 19.1. The highest BCUT2D eigenvalue weighted by molar-refractivity contribution is 5.33. The fourth-order valence-electron chi connectivity index (χ4n) is 0.434. The van der Waals surface area contributed by atoms with Crippen molar-refractivity contribution in [1.82, 2.24) is 0 Å². The van der Waals surface area contributed by atoms with Crippen molar-refractivity contribution in [2.45, 2.75) is 0 Å². The highest BCUT2D eigenvalue weighted by Crippen LogP contribution is 2.19. The van der Waals surface area contributed by atoms with Gasteiger partial charge in [0.15, 0.2) is 0 Å². The quantitative estimate of drug-likeness (QED) is 0.447. The first-order valence-corrected chi connectivity index (χ1v) is 2.96. The maximum absolute atomic E-state index is 12.0. The van der Waals surface area contributed by atoms with Crippen molar-refractivity contribution in [3.05, 3.63) is 0 Å². The average molecular weight is 167 g/mol. The van der Waals surface area contributed by atoms with Crippen molar-refractivity contribution in [2.75, 3.05) is 26.6 Å². The number of carbonyl (C=O) groups excluding carboxylic acids is 1. The lowest BCUT2D eigenvalue weighted by atomic mass is 9.94. The monoisotopic (exact) mass is 167 g/mol. The summed E-state index contributed by atoms with van der Waals surface area (Å²) in [7, 11) is 0. The fourth-order valence-corrected chi connectivity index (χ4v) is 0.434. The van der Waals surface area contributed by atoms with E-state index in [1.807, 2.05) is 0 Å². The Kier molecular flexibility index (Phi) is 4.54. The van der Waals surface area contributed by atoms with Gasteiger partial charge in [0.1, 0.15) is 20.0 Å². The van der Waals surface area contributed by atoms with Crippen molar-refractivity contribution in [3.63, 3.8) is 0 Å². The lowest BCUT2D eigenvalue weighted by Crippen LogP contribution is -2.32. The molecule has 5 heteroatoms. The fraction of sp³-hybridized carbons (Fsp3) is 0.833. The molecule has 0 aromatic carbocycles. The number of hydrogen-bond donors (Lipinski definition) is 0. The molecule has 0 aromatic rings. The summed E-state index contributed by atoms with van der Waals surface area (Å²) >= 11 is 0. The Hall–Kier alpha value is -0.830. The van der Waals surface area contributed by atoms with E-state index in [-0.39, 0.29) is 0 Å². The zero-order valence-corrected chi connectivity index (χ0v) is 5.82. The van der Waals surface area contributed by atoms with E-state index < -0.39 is 32.0 Å². The second kappa shape index (κ2) is 4.91. The summed E-state index contributed by atoms with van der Waals surface area (Å²) in [5.74, 6) is 0. The third-order valence-electron chi connectivity index (χ3n) is 1.33. The van der Waals surface area contributed by atoms with Gasteiger partial charge in [0, 0.05) is 0 Å². The molecule has 0 atom stereocenters. The predicted molar refractivity (Wildman–Crippen MR) is 33.3 cm³/mol. The number of aliphatic imine (C=N–C) groups is 1. The maximum atomic E-state index is 12.0. The van der Waals surface area contributed by atoms with Gasteiger partial charge < -0.3 is 0 Å². The van der Waals surface area contributed by atoms with E-state index in [4.69, 9.17) is 0 Å². The number of rotatable bonds is 5. The molecular weight excluding hydrogens is 159 g/mol. The van der Waals surface area contributed by atoms with Crippen LogP contribution in [0.25, 0.3) is 0 Å². The second-order valence-corrected chi connectivity index (χ2v) is 2.31. The van der Waals surface area contributed by atoms with Gasteiger partial charge >= 0.3 is 0 Å². The Morgan fingerprint density at radius 2 is 1.64 bits per heavy atom. The average Bonchev–Trinajstić information content (AvgIpc) is 2.08. The Balaban J connectivity index is 4.15. The van der Waals surface area contributed by atoms with Gasteiger partial charge in [0.2, 0.25) is 6.08 Å². The first-order chi connectivity index (χ1) is 5.24. The van der Waals surface area contributed by atoms with E-state index in [1.165, 1.54) is 0 Å². The van der Waals surface area contributed by atoms with Gasteiger partial charge in [0.05, 0.1) is 12.0 Å². The Bertz CT molecular complexity index is 144. The molecule has 0 aliphatic rings. The van der Waals surface area contributed by atoms with Crippen LogP contribution in [0.2, 0.25) is 0 Å². The highest BCUT2D eigenvalue weighted by Gasteiger charge is 2.30. The number of isocyanates is 1. The van der Waals surface area contributed by atoms with Crippen molar-refractivity contribution >= 4 is 6.08 Å². The molecule has 0 aliphatic carbocycles. The van der Waals surface area contributed by atoms with Gasteiger partial charge in [-0.25, -0.2) is 9.79 Å². The zero-order valence-electron chi connectivity index (χ0n) is 5.82. The molecule has 0 rings (SSSR count). The molecule has 0 unspecified atom stereocenters. The van der Waals surface area contributed by atoms with Crippen LogP contribution < -0.4 is 0 Å². The number of halogens is 3. The van der Waals surface area contributed by atoms with Crippen molar-refractivity contribution < 1.29 is 18.0 Å². The van der Waals surface area contributed by atoms with Crippen molar-refractivity contribution in [1.29, 1.82) is 0 Å².